The fourth-order valence-electron chi connectivity index (χ4n) is 0.875. The molecular formula is C9H14N4. The van der Waals surface area contributed by atoms with Crippen LogP contribution in [0.3, 0.4) is 0 Å². The summed E-state index contributed by atoms with van der Waals surface area (Å²) >= 11 is 0. The first-order valence-corrected chi connectivity index (χ1v) is 4.10. The molecule has 0 aromatic carbocycles. The van der Waals surface area contributed by atoms with Crippen molar-refractivity contribution in [2.45, 2.75) is 13.5 Å². The van der Waals surface area contributed by atoms with Crippen LogP contribution in [0, 0.1) is 6.92 Å². The minimum Gasteiger partial charge on any atom is -0.370 e. The number of pyridine rings is 1. The van der Waals surface area contributed by atoms with E-state index in [1.807, 2.05) is 25.3 Å². The number of hydrogen-bond acceptors (Lipinski definition) is 2. The number of hydrogen-bond donors (Lipinski definition) is 2. The largest absolute Gasteiger partial charge is 0.370 e. The van der Waals surface area contributed by atoms with Crippen LogP contribution in [0.5, 0.6) is 0 Å². The molecule has 0 amide bonds. The Morgan fingerprint density at radius 2 is 2.38 bits per heavy atom. The Hall–Kier alpha value is -1.58. The normalized spacial score (nSPS) is 11.4. The Morgan fingerprint density at radius 3 is 2.92 bits per heavy atom. The third-order valence-electron chi connectivity index (χ3n) is 1.69. The average molecular weight is 178 g/mol. The van der Waals surface area contributed by atoms with Crippen molar-refractivity contribution in [3.05, 3.63) is 29.6 Å². The molecular weight excluding hydrogens is 164 g/mol. The zero-order chi connectivity index (χ0) is 9.68. The molecule has 70 valence electrons. The molecule has 1 heterocycles. The van der Waals surface area contributed by atoms with Crippen molar-refractivity contribution in [2.24, 2.45) is 10.7 Å². The quantitative estimate of drug-likeness (QED) is 0.509. The lowest BCUT2D eigenvalue weighted by Crippen LogP contribution is -2.30. The van der Waals surface area contributed by atoms with Crippen molar-refractivity contribution in [3.63, 3.8) is 0 Å². The summed E-state index contributed by atoms with van der Waals surface area (Å²) in [5.74, 6) is 0.445. The van der Waals surface area contributed by atoms with Crippen LogP contribution < -0.4 is 11.1 Å². The fourth-order valence-corrected chi connectivity index (χ4v) is 0.875. The number of nitrogens with zero attached hydrogens (tertiary/aromatic N) is 2. The highest BCUT2D eigenvalue weighted by atomic mass is 15.1. The second kappa shape index (κ2) is 4.45. The first kappa shape index (κ1) is 9.51. The van der Waals surface area contributed by atoms with Gasteiger partial charge in [-0.25, -0.2) is 0 Å². The van der Waals surface area contributed by atoms with Gasteiger partial charge in [-0.15, -0.1) is 0 Å². The molecule has 13 heavy (non-hydrogen) atoms. The Labute approximate surface area is 77.9 Å². The minimum atomic E-state index is 0.445. The van der Waals surface area contributed by atoms with Gasteiger partial charge in [-0.1, -0.05) is 6.07 Å². The molecule has 0 saturated heterocycles. The molecule has 4 heteroatoms. The van der Waals surface area contributed by atoms with Crippen LogP contribution >= 0.6 is 0 Å². The van der Waals surface area contributed by atoms with Crippen LogP contribution in [0.1, 0.15) is 11.3 Å². The summed E-state index contributed by atoms with van der Waals surface area (Å²) in [6.45, 7) is 2.62. The number of rotatable bonds is 2. The van der Waals surface area contributed by atoms with Crippen molar-refractivity contribution in [1.82, 2.24) is 10.3 Å². The number of guanidine groups is 1. The summed E-state index contributed by atoms with van der Waals surface area (Å²) in [6.07, 6.45) is 1.82. The summed E-state index contributed by atoms with van der Waals surface area (Å²) in [4.78, 5) is 7.95. The Bertz CT molecular complexity index is 289. The van der Waals surface area contributed by atoms with Gasteiger partial charge in [0.15, 0.2) is 5.96 Å². The van der Waals surface area contributed by atoms with Gasteiger partial charge in [0.25, 0.3) is 0 Å². The second-order valence-electron chi connectivity index (χ2n) is 2.77. The van der Waals surface area contributed by atoms with E-state index in [2.05, 4.69) is 15.3 Å². The van der Waals surface area contributed by atoms with E-state index in [0.717, 1.165) is 11.3 Å². The van der Waals surface area contributed by atoms with Crippen molar-refractivity contribution in [1.29, 1.82) is 0 Å². The Morgan fingerprint density at radius 1 is 1.62 bits per heavy atom. The lowest BCUT2D eigenvalue weighted by atomic mass is 10.2. The van der Waals surface area contributed by atoms with Crippen LogP contribution in [0.15, 0.2) is 23.3 Å². The highest BCUT2D eigenvalue weighted by Gasteiger charge is 1.93. The van der Waals surface area contributed by atoms with Gasteiger partial charge in [-0.3, -0.25) is 9.98 Å². The van der Waals surface area contributed by atoms with E-state index in [1.165, 1.54) is 0 Å². The van der Waals surface area contributed by atoms with E-state index in [1.54, 1.807) is 7.05 Å². The standard InChI is InChI=1S/C9H14N4/c1-7-3-4-8(5-12-7)6-13-9(10)11-2/h3-5H,6H2,1-2H3,(H3,10,11,13). The maximum absolute atomic E-state index is 5.47. The van der Waals surface area contributed by atoms with E-state index < -0.39 is 0 Å². The van der Waals surface area contributed by atoms with Crippen LogP contribution in [-0.4, -0.2) is 18.0 Å². The van der Waals surface area contributed by atoms with Gasteiger partial charge >= 0.3 is 0 Å². The molecule has 1 aromatic rings. The maximum Gasteiger partial charge on any atom is 0.188 e. The van der Waals surface area contributed by atoms with Crippen LogP contribution in [0.25, 0.3) is 0 Å². The van der Waals surface area contributed by atoms with Gasteiger partial charge in [0.05, 0.1) is 0 Å². The lowest BCUT2D eigenvalue weighted by Gasteiger charge is -2.04. The van der Waals surface area contributed by atoms with Crippen LogP contribution in [0.4, 0.5) is 0 Å². The monoisotopic (exact) mass is 178 g/mol. The molecule has 0 spiro atoms. The van der Waals surface area contributed by atoms with Crippen LogP contribution in [0.2, 0.25) is 0 Å². The van der Waals surface area contributed by atoms with Gasteiger partial charge in [-0.2, -0.15) is 0 Å². The minimum absolute atomic E-state index is 0.445. The van der Waals surface area contributed by atoms with E-state index in [9.17, 15) is 0 Å². The number of aliphatic imine (C=N–C) groups is 1. The molecule has 0 aliphatic carbocycles. The smallest absolute Gasteiger partial charge is 0.188 e. The topological polar surface area (TPSA) is 63.3 Å². The van der Waals surface area contributed by atoms with E-state index in [0.29, 0.717) is 12.5 Å². The predicted molar refractivity (Wildman–Crippen MR) is 53.4 cm³/mol. The lowest BCUT2D eigenvalue weighted by molar-refractivity contribution is 0.890. The zero-order valence-electron chi connectivity index (χ0n) is 7.91. The number of aromatic nitrogens is 1. The third kappa shape index (κ3) is 3.11. The maximum atomic E-state index is 5.47. The molecule has 1 rings (SSSR count). The van der Waals surface area contributed by atoms with Crippen molar-refractivity contribution < 1.29 is 0 Å². The first-order valence-electron chi connectivity index (χ1n) is 4.10. The summed E-state index contributed by atoms with van der Waals surface area (Å²) in [5.41, 5.74) is 7.58. The van der Waals surface area contributed by atoms with Crippen molar-refractivity contribution in [2.75, 3.05) is 7.05 Å². The van der Waals surface area contributed by atoms with Gasteiger partial charge in [0.1, 0.15) is 0 Å². The molecule has 3 N–H and O–H groups in total. The second-order valence-corrected chi connectivity index (χ2v) is 2.77. The molecule has 0 aliphatic heterocycles. The van der Waals surface area contributed by atoms with E-state index >= 15 is 0 Å². The molecule has 0 unspecified atom stereocenters. The highest BCUT2D eigenvalue weighted by Crippen LogP contribution is 1.97. The predicted octanol–water partition coefficient (Wildman–Crippen LogP) is 0.424. The van der Waals surface area contributed by atoms with Gasteiger partial charge in [0, 0.05) is 25.5 Å². The summed E-state index contributed by atoms with van der Waals surface area (Å²) in [7, 11) is 1.65. The molecule has 0 bridgehead atoms. The van der Waals surface area contributed by atoms with Crippen molar-refractivity contribution >= 4 is 5.96 Å². The Balaban J connectivity index is 2.51. The Kier molecular flexibility index (Phi) is 3.25. The fraction of sp³-hybridized carbons (Fsp3) is 0.333. The number of aryl methyl sites for hydroxylation is 1. The van der Waals surface area contributed by atoms with Gasteiger partial charge in [-0.05, 0) is 18.6 Å². The first-order chi connectivity index (χ1) is 6.22. The van der Waals surface area contributed by atoms with E-state index in [-0.39, 0.29) is 0 Å². The highest BCUT2D eigenvalue weighted by molar-refractivity contribution is 5.77. The number of nitrogens with two attached hydrogens (primary N) is 1. The molecule has 0 atom stereocenters. The zero-order valence-corrected chi connectivity index (χ0v) is 7.91. The van der Waals surface area contributed by atoms with Crippen LogP contribution in [-0.2, 0) is 6.54 Å². The third-order valence-corrected chi connectivity index (χ3v) is 1.69. The number of nitrogens with one attached hydrogen (secondary N) is 1. The summed E-state index contributed by atoms with van der Waals surface area (Å²) in [5, 5.41) is 2.96. The van der Waals surface area contributed by atoms with Gasteiger partial charge < -0.3 is 11.1 Å². The molecule has 0 radical (unpaired) electrons. The molecule has 1 aromatic heterocycles. The van der Waals surface area contributed by atoms with Crippen molar-refractivity contribution in [3.8, 4) is 0 Å². The van der Waals surface area contributed by atoms with Gasteiger partial charge in [0.2, 0.25) is 0 Å². The molecule has 0 saturated carbocycles. The van der Waals surface area contributed by atoms with E-state index in [4.69, 9.17) is 5.73 Å². The molecule has 0 aliphatic rings. The summed E-state index contributed by atoms with van der Waals surface area (Å²) in [6, 6.07) is 3.98. The molecule has 4 nitrogen and oxygen atoms in total. The average Bonchev–Trinajstić information content (AvgIpc) is 2.16. The SMILES string of the molecule is CN=C(N)NCc1ccc(C)nc1. The molecule has 0 fully saturated rings. The summed E-state index contributed by atoms with van der Waals surface area (Å²) < 4.78 is 0.